The number of nitrogens with one attached hydrogen (secondary N) is 2. The number of aliphatic hydroxyl groups is 1. The molecule has 1 heterocycles. The van der Waals surface area contributed by atoms with Crippen molar-refractivity contribution in [1.29, 1.82) is 0 Å². The minimum absolute atomic E-state index is 0.00980. The van der Waals surface area contributed by atoms with Gasteiger partial charge in [0.2, 0.25) is 5.91 Å². The lowest BCUT2D eigenvalue weighted by molar-refractivity contribution is -0.124. The molecule has 3 N–H and O–H groups in total. The van der Waals surface area contributed by atoms with Crippen LogP contribution >= 0.6 is 0 Å². The van der Waals surface area contributed by atoms with Gasteiger partial charge >= 0.3 is 0 Å². The van der Waals surface area contributed by atoms with Gasteiger partial charge in [0.1, 0.15) is 17.9 Å². The molecule has 0 saturated heterocycles. The third kappa shape index (κ3) is 5.19. The van der Waals surface area contributed by atoms with Gasteiger partial charge in [-0.3, -0.25) is 9.59 Å². The molecule has 134 valence electrons. The van der Waals surface area contributed by atoms with Gasteiger partial charge < -0.3 is 20.2 Å². The lowest BCUT2D eigenvalue weighted by Gasteiger charge is -2.22. The number of rotatable bonds is 7. The van der Waals surface area contributed by atoms with Crippen LogP contribution in [0.4, 0.5) is 0 Å². The van der Waals surface area contributed by atoms with E-state index in [0.717, 1.165) is 5.56 Å². The Morgan fingerprint density at radius 1 is 1.20 bits per heavy atom. The van der Waals surface area contributed by atoms with Crippen LogP contribution < -0.4 is 10.6 Å². The second-order valence-corrected chi connectivity index (χ2v) is 6.34. The molecule has 0 bridgehead atoms. The summed E-state index contributed by atoms with van der Waals surface area (Å²) in [6, 6.07) is 9.78. The topological polar surface area (TPSA) is 91.6 Å². The van der Waals surface area contributed by atoms with Gasteiger partial charge in [0.05, 0.1) is 12.8 Å². The summed E-state index contributed by atoms with van der Waals surface area (Å²) in [5, 5.41) is 15.4. The molecule has 1 aromatic carbocycles. The zero-order valence-electron chi connectivity index (χ0n) is 14.7. The first-order valence-corrected chi connectivity index (χ1v) is 8.25. The van der Waals surface area contributed by atoms with E-state index >= 15 is 0 Å². The Bertz CT molecular complexity index is 710. The summed E-state index contributed by atoms with van der Waals surface area (Å²) in [7, 11) is 0. The maximum Gasteiger partial charge on any atom is 0.251 e. The molecule has 25 heavy (non-hydrogen) atoms. The van der Waals surface area contributed by atoms with Crippen molar-refractivity contribution in [1.82, 2.24) is 10.6 Å². The van der Waals surface area contributed by atoms with E-state index in [2.05, 4.69) is 10.6 Å². The van der Waals surface area contributed by atoms with Crippen molar-refractivity contribution in [3.05, 3.63) is 59.5 Å². The Morgan fingerprint density at radius 3 is 2.56 bits per heavy atom. The predicted molar refractivity (Wildman–Crippen MR) is 93.9 cm³/mol. The van der Waals surface area contributed by atoms with Crippen LogP contribution in [-0.2, 0) is 4.79 Å². The maximum atomic E-state index is 12.4. The molecular formula is C19H24N2O4. The van der Waals surface area contributed by atoms with Crippen LogP contribution in [0.25, 0.3) is 0 Å². The summed E-state index contributed by atoms with van der Waals surface area (Å²) in [4.78, 5) is 24.8. The SMILES string of the molecule is Cc1cccc(C(=O)NC(C(=O)NCC(O)c2ccco2)C(C)C)c1. The van der Waals surface area contributed by atoms with E-state index < -0.39 is 12.1 Å². The summed E-state index contributed by atoms with van der Waals surface area (Å²) in [6.45, 7) is 5.61. The lowest BCUT2D eigenvalue weighted by atomic mass is 10.0. The lowest BCUT2D eigenvalue weighted by Crippen LogP contribution is -2.50. The normalized spacial score (nSPS) is 13.3. The molecule has 0 aliphatic heterocycles. The Morgan fingerprint density at radius 2 is 1.96 bits per heavy atom. The maximum absolute atomic E-state index is 12.4. The monoisotopic (exact) mass is 344 g/mol. The number of furan rings is 1. The van der Waals surface area contributed by atoms with Crippen LogP contribution in [-0.4, -0.2) is 29.5 Å². The number of aryl methyl sites for hydroxylation is 1. The van der Waals surface area contributed by atoms with Gasteiger partial charge in [-0.05, 0) is 37.1 Å². The van der Waals surface area contributed by atoms with E-state index in [1.54, 1.807) is 30.3 Å². The largest absolute Gasteiger partial charge is 0.467 e. The molecule has 0 saturated carbocycles. The molecule has 2 aromatic rings. The molecule has 1 aromatic heterocycles. The number of carbonyl (C=O) groups is 2. The molecule has 2 unspecified atom stereocenters. The minimum Gasteiger partial charge on any atom is -0.467 e. The highest BCUT2D eigenvalue weighted by Crippen LogP contribution is 2.12. The quantitative estimate of drug-likeness (QED) is 0.718. The average Bonchev–Trinajstić information content (AvgIpc) is 3.11. The third-order valence-electron chi connectivity index (χ3n) is 3.86. The van der Waals surface area contributed by atoms with Gasteiger partial charge in [-0.15, -0.1) is 0 Å². The van der Waals surface area contributed by atoms with Crippen LogP contribution in [0.3, 0.4) is 0 Å². The molecule has 0 aliphatic rings. The Kier molecular flexibility index (Phi) is 6.36. The summed E-state index contributed by atoms with van der Waals surface area (Å²) in [5.41, 5.74) is 1.48. The van der Waals surface area contributed by atoms with Crippen molar-refractivity contribution in [3.63, 3.8) is 0 Å². The molecule has 0 fully saturated rings. The summed E-state index contributed by atoms with van der Waals surface area (Å²) in [6.07, 6.45) is 0.526. The zero-order chi connectivity index (χ0) is 18.4. The second kappa shape index (κ2) is 8.48. The van der Waals surface area contributed by atoms with Crippen LogP contribution in [0.2, 0.25) is 0 Å². The van der Waals surface area contributed by atoms with E-state index in [4.69, 9.17) is 4.42 Å². The van der Waals surface area contributed by atoms with Gasteiger partial charge in [-0.25, -0.2) is 0 Å². The van der Waals surface area contributed by atoms with Crippen LogP contribution in [0.1, 0.15) is 41.6 Å². The Balaban J connectivity index is 1.97. The second-order valence-electron chi connectivity index (χ2n) is 6.34. The highest BCUT2D eigenvalue weighted by Gasteiger charge is 2.25. The van der Waals surface area contributed by atoms with Gasteiger partial charge in [-0.1, -0.05) is 31.5 Å². The standard InChI is InChI=1S/C19H24N2O4/c1-12(2)17(21-18(23)14-7-4-6-13(3)10-14)19(24)20-11-15(22)16-8-5-9-25-16/h4-10,12,15,17,22H,11H2,1-3H3,(H,20,24)(H,21,23). The third-order valence-corrected chi connectivity index (χ3v) is 3.86. The van der Waals surface area contributed by atoms with E-state index in [1.165, 1.54) is 6.26 Å². The van der Waals surface area contributed by atoms with Gasteiger partial charge in [0.15, 0.2) is 0 Å². The molecule has 6 heteroatoms. The zero-order valence-corrected chi connectivity index (χ0v) is 14.7. The first-order chi connectivity index (χ1) is 11.9. The Hall–Kier alpha value is -2.60. The highest BCUT2D eigenvalue weighted by molar-refractivity contribution is 5.97. The van der Waals surface area contributed by atoms with Gasteiger partial charge in [0.25, 0.3) is 5.91 Å². The van der Waals surface area contributed by atoms with Crippen molar-refractivity contribution in [3.8, 4) is 0 Å². The number of amides is 2. The summed E-state index contributed by atoms with van der Waals surface area (Å²) < 4.78 is 5.10. The summed E-state index contributed by atoms with van der Waals surface area (Å²) >= 11 is 0. The van der Waals surface area contributed by atoms with Crippen molar-refractivity contribution >= 4 is 11.8 Å². The Labute approximate surface area is 147 Å². The molecular weight excluding hydrogens is 320 g/mol. The van der Waals surface area contributed by atoms with Crippen LogP contribution in [0.5, 0.6) is 0 Å². The van der Waals surface area contributed by atoms with Crippen molar-refractivity contribution in [2.24, 2.45) is 5.92 Å². The van der Waals surface area contributed by atoms with Crippen LogP contribution in [0, 0.1) is 12.8 Å². The van der Waals surface area contributed by atoms with Gasteiger partial charge in [0, 0.05) is 5.56 Å². The van der Waals surface area contributed by atoms with Crippen molar-refractivity contribution in [2.45, 2.75) is 32.9 Å². The van der Waals surface area contributed by atoms with Crippen molar-refractivity contribution < 1.29 is 19.1 Å². The van der Waals surface area contributed by atoms with Gasteiger partial charge in [-0.2, -0.15) is 0 Å². The van der Waals surface area contributed by atoms with E-state index in [1.807, 2.05) is 26.8 Å². The van der Waals surface area contributed by atoms with Crippen molar-refractivity contribution in [2.75, 3.05) is 6.54 Å². The first-order valence-electron chi connectivity index (χ1n) is 8.25. The van der Waals surface area contributed by atoms with Crippen LogP contribution in [0.15, 0.2) is 47.1 Å². The molecule has 2 rings (SSSR count). The van der Waals surface area contributed by atoms with E-state index in [9.17, 15) is 14.7 Å². The highest BCUT2D eigenvalue weighted by atomic mass is 16.4. The molecule has 2 atom stereocenters. The van der Waals surface area contributed by atoms with E-state index in [-0.39, 0.29) is 24.3 Å². The molecule has 0 aliphatic carbocycles. The number of benzene rings is 1. The number of aliphatic hydroxyl groups excluding tert-OH is 1. The summed E-state index contributed by atoms with van der Waals surface area (Å²) in [5.74, 6) is -0.370. The molecule has 0 spiro atoms. The number of carbonyl (C=O) groups excluding carboxylic acids is 2. The molecule has 0 radical (unpaired) electrons. The first kappa shape index (κ1) is 18.7. The number of hydrogen-bond donors (Lipinski definition) is 3. The number of hydrogen-bond acceptors (Lipinski definition) is 4. The van der Waals surface area contributed by atoms with E-state index in [0.29, 0.717) is 11.3 Å². The minimum atomic E-state index is -0.931. The predicted octanol–water partition coefficient (Wildman–Crippen LogP) is 2.19. The smallest absolute Gasteiger partial charge is 0.251 e. The fraction of sp³-hybridized carbons (Fsp3) is 0.368. The fourth-order valence-corrected chi connectivity index (χ4v) is 2.43. The molecule has 6 nitrogen and oxygen atoms in total. The average molecular weight is 344 g/mol. The fourth-order valence-electron chi connectivity index (χ4n) is 2.43. The molecule has 2 amide bonds.